The van der Waals surface area contributed by atoms with Crippen LogP contribution in [-0.4, -0.2) is 23.9 Å². The molecule has 1 aromatic carbocycles. The van der Waals surface area contributed by atoms with E-state index >= 15 is 0 Å². The number of nitrogens with zero attached hydrogens (tertiary/aromatic N) is 1. The summed E-state index contributed by atoms with van der Waals surface area (Å²) >= 11 is 0. The summed E-state index contributed by atoms with van der Waals surface area (Å²) in [4.78, 5) is 13.8. The second-order valence-electron chi connectivity index (χ2n) is 5.27. The van der Waals surface area contributed by atoms with E-state index < -0.39 is 0 Å². The Morgan fingerprint density at radius 1 is 1.32 bits per heavy atom. The molecule has 0 bridgehead atoms. The van der Waals surface area contributed by atoms with E-state index in [9.17, 15) is 4.79 Å². The average Bonchev–Trinajstić information content (AvgIpc) is 2.80. The molecular weight excluding hydrogens is 238 g/mol. The molecule has 0 unspecified atom stereocenters. The number of carbonyl (C=O) groups excluding carboxylic acids is 1. The maximum atomic E-state index is 11.8. The van der Waals surface area contributed by atoms with Crippen molar-refractivity contribution in [3.8, 4) is 0 Å². The van der Waals surface area contributed by atoms with E-state index in [-0.39, 0.29) is 11.5 Å². The monoisotopic (exact) mass is 257 g/mol. The zero-order chi connectivity index (χ0) is 13.3. The molecule has 0 radical (unpaired) electrons. The van der Waals surface area contributed by atoms with Crippen LogP contribution in [0.4, 0.5) is 0 Å². The van der Waals surface area contributed by atoms with Gasteiger partial charge in [0.25, 0.3) is 0 Å². The van der Waals surface area contributed by atoms with E-state index in [1.54, 1.807) is 12.2 Å². The summed E-state index contributed by atoms with van der Waals surface area (Å²) in [6, 6.07) is 8.45. The van der Waals surface area contributed by atoms with Gasteiger partial charge in [0.1, 0.15) is 0 Å². The Hall–Kier alpha value is -1.61. The fourth-order valence-corrected chi connectivity index (χ4v) is 3.13. The number of hydrogen-bond acceptors (Lipinski definition) is 2. The Kier molecular flexibility index (Phi) is 3.15. The molecule has 19 heavy (non-hydrogen) atoms. The van der Waals surface area contributed by atoms with E-state index in [1.165, 1.54) is 11.1 Å². The van der Waals surface area contributed by atoms with Gasteiger partial charge in [-0.15, -0.1) is 0 Å². The molecule has 2 heterocycles. The van der Waals surface area contributed by atoms with Crippen LogP contribution in [0.1, 0.15) is 30.9 Å². The van der Waals surface area contributed by atoms with Gasteiger partial charge in [0.2, 0.25) is 5.91 Å². The lowest BCUT2D eigenvalue weighted by Crippen LogP contribution is -2.44. The second kappa shape index (κ2) is 4.82. The lowest BCUT2D eigenvalue weighted by molar-refractivity contribution is -0.133. The first kappa shape index (κ1) is 12.4. The summed E-state index contributed by atoms with van der Waals surface area (Å²) in [6.07, 6.45) is 5.23. The highest BCUT2D eigenvalue weighted by molar-refractivity contribution is 5.87. The van der Waals surface area contributed by atoms with Gasteiger partial charge in [0.15, 0.2) is 0 Å². The minimum atomic E-state index is -0.150. The van der Waals surface area contributed by atoms with E-state index in [1.807, 2.05) is 11.8 Å². The van der Waals surface area contributed by atoms with Gasteiger partial charge >= 0.3 is 0 Å². The van der Waals surface area contributed by atoms with Crippen LogP contribution in [0.3, 0.4) is 0 Å². The van der Waals surface area contributed by atoms with Gasteiger partial charge in [-0.2, -0.15) is 0 Å². The van der Waals surface area contributed by atoms with Gasteiger partial charge in [0.05, 0.1) is 12.2 Å². The predicted molar refractivity (Wildman–Crippen MR) is 73.5 cm³/mol. The molecule has 1 saturated heterocycles. The van der Waals surface area contributed by atoms with E-state index in [4.69, 9.17) is 4.74 Å². The topological polar surface area (TPSA) is 29.5 Å². The van der Waals surface area contributed by atoms with Crippen LogP contribution < -0.4 is 0 Å². The maximum absolute atomic E-state index is 11.8. The number of hydrogen-bond donors (Lipinski definition) is 0. The molecule has 0 aliphatic carbocycles. The first-order valence-electron chi connectivity index (χ1n) is 6.89. The van der Waals surface area contributed by atoms with E-state index in [0.29, 0.717) is 6.61 Å². The number of rotatable bonds is 1. The number of ether oxygens (including phenoxy) is 1. The molecule has 1 spiro atoms. The van der Waals surface area contributed by atoms with Gasteiger partial charge in [0, 0.05) is 13.1 Å². The van der Waals surface area contributed by atoms with Gasteiger partial charge in [-0.05, 0) is 37.0 Å². The Morgan fingerprint density at radius 2 is 2.05 bits per heavy atom. The number of fused-ring (bicyclic) bond motifs is 2. The molecule has 3 nitrogen and oxygen atoms in total. The van der Waals surface area contributed by atoms with Crippen molar-refractivity contribution in [1.82, 2.24) is 4.90 Å². The van der Waals surface area contributed by atoms with Crippen molar-refractivity contribution in [1.29, 1.82) is 0 Å². The number of amides is 1. The number of benzene rings is 1. The van der Waals surface area contributed by atoms with E-state index in [0.717, 1.165) is 25.9 Å². The van der Waals surface area contributed by atoms with Crippen LogP contribution in [0.2, 0.25) is 0 Å². The van der Waals surface area contributed by atoms with Crippen LogP contribution in [0.15, 0.2) is 36.4 Å². The third-order valence-corrected chi connectivity index (χ3v) is 4.20. The van der Waals surface area contributed by atoms with Gasteiger partial charge < -0.3 is 9.64 Å². The lowest BCUT2D eigenvalue weighted by Gasteiger charge is -2.39. The van der Waals surface area contributed by atoms with Crippen molar-refractivity contribution in [3.63, 3.8) is 0 Å². The fourth-order valence-electron chi connectivity index (χ4n) is 3.13. The molecule has 0 aromatic heterocycles. The maximum Gasteiger partial charge on any atom is 0.246 e. The van der Waals surface area contributed by atoms with Crippen molar-refractivity contribution in [2.75, 3.05) is 13.1 Å². The highest BCUT2D eigenvalue weighted by atomic mass is 16.5. The number of piperidine rings is 1. The molecule has 3 rings (SSSR count). The first-order chi connectivity index (χ1) is 9.25. The molecule has 1 fully saturated rings. The van der Waals surface area contributed by atoms with Crippen molar-refractivity contribution < 1.29 is 9.53 Å². The molecule has 2 aliphatic rings. The Morgan fingerprint density at radius 3 is 2.79 bits per heavy atom. The highest BCUT2D eigenvalue weighted by Crippen LogP contribution is 2.43. The van der Waals surface area contributed by atoms with Gasteiger partial charge in [-0.3, -0.25) is 4.79 Å². The molecule has 0 saturated carbocycles. The lowest BCUT2D eigenvalue weighted by atomic mass is 9.84. The Balaban J connectivity index is 1.76. The first-order valence-corrected chi connectivity index (χ1v) is 6.89. The summed E-state index contributed by atoms with van der Waals surface area (Å²) in [5.41, 5.74) is 2.48. The average molecular weight is 257 g/mol. The number of allylic oxidation sites excluding steroid dienone is 1. The van der Waals surface area contributed by atoms with E-state index in [2.05, 4.69) is 24.3 Å². The smallest absolute Gasteiger partial charge is 0.246 e. The molecule has 3 heteroatoms. The Bertz CT molecular complexity index is 513. The van der Waals surface area contributed by atoms with Crippen LogP contribution in [0.5, 0.6) is 0 Å². The van der Waals surface area contributed by atoms with Crippen LogP contribution in [0.25, 0.3) is 0 Å². The summed E-state index contributed by atoms with van der Waals surface area (Å²) in [6.45, 7) is 4.13. The molecule has 0 N–H and O–H groups in total. The minimum Gasteiger partial charge on any atom is -0.365 e. The molecular formula is C16H19NO2. The zero-order valence-electron chi connectivity index (χ0n) is 11.3. The number of carbonyl (C=O) groups is 1. The van der Waals surface area contributed by atoms with Crippen molar-refractivity contribution >= 4 is 5.91 Å². The third kappa shape index (κ3) is 2.08. The Labute approximate surface area is 113 Å². The predicted octanol–water partition coefficient (Wildman–Crippen LogP) is 2.61. The zero-order valence-corrected chi connectivity index (χ0v) is 11.3. The SMILES string of the molecule is CC=CC(=O)N1CCC2(CC1)OCc1ccccc12. The summed E-state index contributed by atoms with van der Waals surface area (Å²) in [7, 11) is 0. The quantitative estimate of drug-likeness (QED) is 0.724. The molecule has 1 aromatic rings. The fraction of sp³-hybridized carbons (Fsp3) is 0.438. The van der Waals surface area contributed by atoms with Gasteiger partial charge in [-0.25, -0.2) is 0 Å². The summed E-state index contributed by atoms with van der Waals surface area (Å²) < 4.78 is 6.08. The standard InChI is InChI=1S/C16H19NO2/c1-2-5-15(18)17-10-8-16(9-11-17)14-7-4-3-6-13(14)12-19-16/h2-7H,8-12H2,1H3. The second-order valence-corrected chi connectivity index (χ2v) is 5.27. The van der Waals surface area contributed by atoms with Gasteiger partial charge in [-0.1, -0.05) is 30.3 Å². The largest absolute Gasteiger partial charge is 0.365 e. The van der Waals surface area contributed by atoms with Crippen LogP contribution in [-0.2, 0) is 21.7 Å². The summed E-state index contributed by atoms with van der Waals surface area (Å²) in [5, 5.41) is 0. The molecule has 2 aliphatic heterocycles. The molecule has 1 amide bonds. The van der Waals surface area contributed by atoms with Crippen LogP contribution in [0, 0.1) is 0 Å². The molecule has 100 valence electrons. The highest BCUT2D eigenvalue weighted by Gasteiger charge is 2.42. The van der Waals surface area contributed by atoms with Crippen molar-refractivity contribution in [3.05, 3.63) is 47.5 Å². The van der Waals surface area contributed by atoms with Crippen molar-refractivity contribution in [2.24, 2.45) is 0 Å². The normalized spacial score (nSPS) is 21.0. The van der Waals surface area contributed by atoms with Crippen molar-refractivity contribution in [2.45, 2.75) is 32.0 Å². The summed E-state index contributed by atoms with van der Waals surface area (Å²) in [5.74, 6) is 0.114. The molecule has 0 atom stereocenters. The number of likely N-dealkylation sites (tertiary alicyclic amines) is 1. The van der Waals surface area contributed by atoms with Crippen LogP contribution >= 0.6 is 0 Å². The third-order valence-electron chi connectivity index (χ3n) is 4.20. The minimum absolute atomic E-state index is 0.114.